The van der Waals surface area contributed by atoms with Gasteiger partial charge < -0.3 is 0 Å². The van der Waals surface area contributed by atoms with Crippen molar-refractivity contribution < 1.29 is 8.42 Å². The molecular formula is C10H11ClN2O2S. The molecule has 86 valence electrons. The second-order valence-electron chi connectivity index (χ2n) is 3.17. The summed E-state index contributed by atoms with van der Waals surface area (Å²) in [6.07, 6.45) is 0.413. The summed E-state index contributed by atoms with van der Waals surface area (Å²) in [7, 11) is -3.66. The van der Waals surface area contributed by atoms with Gasteiger partial charge in [-0.15, -0.1) is 0 Å². The zero-order valence-electron chi connectivity index (χ0n) is 8.64. The van der Waals surface area contributed by atoms with Gasteiger partial charge in [-0.25, -0.2) is 8.42 Å². The number of rotatable bonds is 4. The van der Waals surface area contributed by atoms with Crippen molar-refractivity contribution in [3.8, 4) is 6.07 Å². The van der Waals surface area contributed by atoms with E-state index in [1.165, 1.54) is 12.1 Å². The van der Waals surface area contributed by atoms with Gasteiger partial charge in [-0.1, -0.05) is 24.6 Å². The first-order chi connectivity index (χ1) is 7.49. The van der Waals surface area contributed by atoms with Gasteiger partial charge in [-0.3, -0.25) is 0 Å². The fourth-order valence-corrected chi connectivity index (χ4v) is 2.62. The van der Waals surface area contributed by atoms with Crippen molar-refractivity contribution in [2.75, 3.05) is 0 Å². The number of hydrogen-bond acceptors (Lipinski definition) is 3. The van der Waals surface area contributed by atoms with Crippen LogP contribution >= 0.6 is 11.6 Å². The number of nitriles is 1. The van der Waals surface area contributed by atoms with Crippen LogP contribution < -0.4 is 4.72 Å². The van der Waals surface area contributed by atoms with Gasteiger partial charge in [-0.05, 0) is 24.6 Å². The number of hydrogen-bond donors (Lipinski definition) is 1. The summed E-state index contributed by atoms with van der Waals surface area (Å²) >= 11 is 5.70. The van der Waals surface area contributed by atoms with E-state index < -0.39 is 16.1 Å². The Kier molecular flexibility index (Phi) is 4.30. The Morgan fingerprint density at radius 1 is 1.56 bits per heavy atom. The molecule has 1 aromatic rings. The molecule has 0 heterocycles. The third-order valence-electron chi connectivity index (χ3n) is 1.97. The summed E-state index contributed by atoms with van der Waals surface area (Å²) in [6.45, 7) is 1.73. The average molecular weight is 259 g/mol. The highest BCUT2D eigenvalue weighted by molar-refractivity contribution is 7.89. The van der Waals surface area contributed by atoms with Crippen molar-refractivity contribution in [1.82, 2.24) is 4.72 Å². The van der Waals surface area contributed by atoms with Crippen LogP contribution in [0.1, 0.15) is 13.3 Å². The highest BCUT2D eigenvalue weighted by Crippen LogP contribution is 2.15. The molecule has 1 rings (SSSR count). The smallest absolute Gasteiger partial charge is 0.207 e. The molecule has 0 radical (unpaired) electrons. The van der Waals surface area contributed by atoms with Crippen LogP contribution in [0.15, 0.2) is 29.2 Å². The molecule has 0 bridgehead atoms. The van der Waals surface area contributed by atoms with Crippen molar-refractivity contribution in [3.05, 3.63) is 29.3 Å². The lowest BCUT2D eigenvalue weighted by Crippen LogP contribution is -2.33. The molecule has 0 saturated carbocycles. The molecule has 16 heavy (non-hydrogen) atoms. The maximum absolute atomic E-state index is 11.8. The molecule has 0 saturated heterocycles. The highest BCUT2D eigenvalue weighted by atomic mass is 35.5. The quantitative estimate of drug-likeness (QED) is 0.897. The van der Waals surface area contributed by atoms with Gasteiger partial charge in [0.05, 0.1) is 11.0 Å². The van der Waals surface area contributed by atoms with Crippen LogP contribution in [0.2, 0.25) is 5.02 Å². The van der Waals surface area contributed by atoms with E-state index in [4.69, 9.17) is 16.9 Å². The molecule has 0 aliphatic heterocycles. The van der Waals surface area contributed by atoms with E-state index in [0.717, 1.165) is 0 Å². The minimum Gasteiger partial charge on any atom is -0.207 e. The number of sulfonamides is 1. The van der Waals surface area contributed by atoms with Gasteiger partial charge in [0.25, 0.3) is 0 Å². The molecule has 1 unspecified atom stereocenters. The summed E-state index contributed by atoms with van der Waals surface area (Å²) in [5, 5.41) is 9.03. The average Bonchev–Trinajstić information content (AvgIpc) is 2.26. The van der Waals surface area contributed by atoms with E-state index in [1.807, 2.05) is 6.07 Å². The molecule has 0 spiro atoms. The minimum atomic E-state index is -3.66. The second-order valence-corrected chi connectivity index (χ2v) is 5.32. The number of nitrogens with one attached hydrogen (secondary N) is 1. The Morgan fingerprint density at radius 2 is 2.25 bits per heavy atom. The Balaban J connectivity index is 3.00. The molecule has 0 aliphatic rings. The molecule has 0 fully saturated rings. The van der Waals surface area contributed by atoms with Crippen LogP contribution in [-0.4, -0.2) is 14.5 Å². The fourth-order valence-electron chi connectivity index (χ4n) is 1.09. The zero-order valence-corrected chi connectivity index (χ0v) is 10.2. The summed E-state index contributed by atoms with van der Waals surface area (Å²) in [4.78, 5) is 0.0636. The van der Waals surface area contributed by atoms with Gasteiger partial charge in [0.1, 0.15) is 6.04 Å². The van der Waals surface area contributed by atoms with Crippen molar-refractivity contribution in [2.45, 2.75) is 24.3 Å². The molecule has 1 aromatic carbocycles. The van der Waals surface area contributed by atoms with Crippen LogP contribution in [0, 0.1) is 11.3 Å². The Labute approximate surface area is 99.9 Å². The summed E-state index contributed by atoms with van der Waals surface area (Å²) in [5.74, 6) is 0. The third kappa shape index (κ3) is 3.20. The first-order valence-corrected chi connectivity index (χ1v) is 6.53. The Bertz CT molecular complexity index is 508. The molecular weight excluding hydrogens is 248 g/mol. The molecule has 1 N–H and O–H groups in total. The number of benzene rings is 1. The lowest BCUT2D eigenvalue weighted by Gasteiger charge is -2.10. The van der Waals surface area contributed by atoms with Crippen LogP contribution in [0.3, 0.4) is 0 Å². The minimum absolute atomic E-state index is 0.0636. The number of halogens is 1. The van der Waals surface area contributed by atoms with E-state index in [2.05, 4.69) is 4.72 Å². The van der Waals surface area contributed by atoms with Crippen molar-refractivity contribution in [1.29, 1.82) is 5.26 Å². The normalized spacial score (nSPS) is 13.1. The van der Waals surface area contributed by atoms with Crippen molar-refractivity contribution in [2.24, 2.45) is 0 Å². The van der Waals surface area contributed by atoms with E-state index in [1.54, 1.807) is 19.1 Å². The summed E-state index contributed by atoms with van der Waals surface area (Å²) < 4.78 is 25.9. The number of nitrogens with zero attached hydrogens (tertiary/aromatic N) is 1. The van der Waals surface area contributed by atoms with Crippen LogP contribution in [0.4, 0.5) is 0 Å². The lowest BCUT2D eigenvalue weighted by atomic mass is 10.3. The van der Waals surface area contributed by atoms with Crippen molar-refractivity contribution in [3.63, 3.8) is 0 Å². The van der Waals surface area contributed by atoms with Gasteiger partial charge in [-0.2, -0.15) is 9.98 Å². The summed E-state index contributed by atoms with van der Waals surface area (Å²) in [6, 6.07) is 7.05. The maximum Gasteiger partial charge on any atom is 0.241 e. The fraction of sp³-hybridized carbons (Fsp3) is 0.300. The summed E-state index contributed by atoms with van der Waals surface area (Å²) in [5.41, 5.74) is 0. The molecule has 1 atom stereocenters. The van der Waals surface area contributed by atoms with E-state index >= 15 is 0 Å². The lowest BCUT2D eigenvalue weighted by molar-refractivity contribution is 0.569. The predicted molar refractivity (Wildman–Crippen MR) is 61.5 cm³/mol. The third-order valence-corrected chi connectivity index (χ3v) is 3.67. The Morgan fingerprint density at radius 3 is 2.75 bits per heavy atom. The van der Waals surface area contributed by atoms with Gasteiger partial charge in [0.2, 0.25) is 10.0 Å². The topological polar surface area (TPSA) is 70.0 Å². The standard InChI is InChI=1S/C10H11ClN2O2S/c1-2-9(7-12)13-16(14,15)10-5-3-4-8(11)6-10/h3-6,9,13H,2H2,1H3. The SMILES string of the molecule is CCC(C#N)NS(=O)(=O)c1cccc(Cl)c1. The molecule has 6 heteroatoms. The molecule has 0 aromatic heterocycles. The van der Waals surface area contributed by atoms with E-state index in [-0.39, 0.29) is 4.90 Å². The molecule has 0 aliphatic carbocycles. The Hall–Kier alpha value is -1.09. The van der Waals surface area contributed by atoms with Crippen LogP contribution in [-0.2, 0) is 10.0 Å². The van der Waals surface area contributed by atoms with Gasteiger partial charge in [0.15, 0.2) is 0 Å². The van der Waals surface area contributed by atoms with Gasteiger partial charge >= 0.3 is 0 Å². The van der Waals surface area contributed by atoms with Crippen LogP contribution in [0.25, 0.3) is 0 Å². The monoisotopic (exact) mass is 258 g/mol. The highest BCUT2D eigenvalue weighted by Gasteiger charge is 2.18. The first-order valence-electron chi connectivity index (χ1n) is 4.67. The first kappa shape index (κ1) is 13.0. The van der Waals surface area contributed by atoms with E-state index in [0.29, 0.717) is 11.4 Å². The largest absolute Gasteiger partial charge is 0.241 e. The maximum atomic E-state index is 11.8. The zero-order chi connectivity index (χ0) is 12.2. The van der Waals surface area contributed by atoms with Crippen LogP contribution in [0.5, 0.6) is 0 Å². The molecule has 4 nitrogen and oxygen atoms in total. The van der Waals surface area contributed by atoms with E-state index in [9.17, 15) is 8.42 Å². The molecule has 0 amide bonds. The van der Waals surface area contributed by atoms with Crippen molar-refractivity contribution >= 4 is 21.6 Å². The predicted octanol–water partition coefficient (Wildman–Crippen LogP) is 1.92. The second kappa shape index (κ2) is 5.30. The van der Waals surface area contributed by atoms with Gasteiger partial charge in [0, 0.05) is 5.02 Å².